The number of hydrogen-bond acceptors (Lipinski definition) is 4. The van der Waals surface area contributed by atoms with Gasteiger partial charge in [-0.05, 0) is 43.5 Å². The van der Waals surface area contributed by atoms with Gasteiger partial charge in [0.05, 0.1) is 11.0 Å². The van der Waals surface area contributed by atoms with Crippen molar-refractivity contribution in [3.05, 3.63) is 43.6 Å². The number of rotatable bonds is 0. The first-order valence-corrected chi connectivity index (χ1v) is 8.67. The van der Waals surface area contributed by atoms with Gasteiger partial charge in [0.2, 0.25) is 0 Å². The van der Waals surface area contributed by atoms with Crippen molar-refractivity contribution in [1.82, 2.24) is 19.1 Å². The predicted octanol–water partition coefficient (Wildman–Crippen LogP) is 3.11. The van der Waals surface area contributed by atoms with E-state index in [1.54, 1.807) is 11.6 Å². The third-order valence-corrected chi connectivity index (χ3v) is 4.20. The molecule has 0 N–H and O–H groups in total. The Morgan fingerprint density at radius 1 is 0.840 bits per heavy atom. The number of nitrogens with zero attached hydrogens (tertiary/aromatic N) is 4. The highest BCUT2D eigenvalue weighted by Crippen LogP contribution is 2.26. The van der Waals surface area contributed by atoms with E-state index in [0.29, 0.717) is 5.82 Å². The first-order chi connectivity index (χ1) is 11.8. The molecule has 0 saturated heterocycles. The monoisotopic (exact) mass is 344 g/mol. The highest BCUT2D eigenvalue weighted by molar-refractivity contribution is 5.84. The molecule has 0 atom stereocenters. The Hall–Kier alpha value is -2.50. The highest BCUT2D eigenvalue weighted by atomic mass is 16.2. The van der Waals surface area contributed by atoms with Crippen molar-refractivity contribution in [1.29, 1.82) is 0 Å². The van der Waals surface area contributed by atoms with Crippen molar-refractivity contribution in [2.24, 2.45) is 14.1 Å². The fourth-order valence-corrected chi connectivity index (χ4v) is 2.67. The molecule has 0 aromatic heterocycles. The molecule has 1 aromatic carbocycles. The summed E-state index contributed by atoms with van der Waals surface area (Å²) in [5, 5.41) is 0. The molecule has 0 radical (unpaired) electrons. The van der Waals surface area contributed by atoms with Gasteiger partial charge in [-0.3, -0.25) is 9.36 Å². The fourth-order valence-electron chi connectivity index (χ4n) is 2.67. The molecule has 0 amide bonds. The molecule has 0 bridgehead atoms. The smallest absolute Gasteiger partial charge is 0.325 e. The summed E-state index contributed by atoms with van der Waals surface area (Å²) in [7, 11) is 3.22. The molecule has 0 spiro atoms. The van der Waals surface area contributed by atoms with E-state index in [-0.39, 0.29) is 5.69 Å². The molecule has 136 valence electrons. The van der Waals surface area contributed by atoms with Gasteiger partial charge >= 0.3 is 5.69 Å². The van der Waals surface area contributed by atoms with Crippen LogP contribution in [0.15, 0.2) is 15.7 Å². The van der Waals surface area contributed by atoms with Crippen molar-refractivity contribution < 1.29 is 0 Å². The van der Waals surface area contributed by atoms with Gasteiger partial charge in [-0.2, -0.15) is 4.98 Å². The molecule has 0 fully saturated rings. The maximum Gasteiger partial charge on any atom is 0.352 e. The summed E-state index contributed by atoms with van der Waals surface area (Å²) < 4.78 is 2.76. The van der Waals surface area contributed by atoms with Crippen LogP contribution < -0.4 is 11.2 Å². The normalized spacial score (nSPS) is 10.1. The van der Waals surface area contributed by atoms with Crippen LogP contribution in [0.1, 0.15) is 44.4 Å². The Morgan fingerprint density at radius 3 is 1.96 bits per heavy atom. The summed E-state index contributed by atoms with van der Waals surface area (Å²) >= 11 is 0. The molecule has 6 heteroatoms. The Morgan fingerprint density at radius 2 is 1.40 bits per heavy atom. The molecule has 2 aliphatic rings. The van der Waals surface area contributed by atoms with Crippen LogP contribution in [0.5, 0.6) is 0 Å². The molecule has 1 aromatic rings. The van der Waals surface area contributed by atoms with Crippen LogP contribution in [-0.4, -0.2) is 19.1 Å². The number of aromatic nitrogens is 4. The third-order valence-electron chi connectivity index (χ3n) is 4.20. The summed E-state index contributed by atoms with van der Waals surface area (Å²) in [6, 6.07) is 1.96. The van der Waals surface area contributed by atoms with Crippen LogP contribution >= 0.6 is 0 Å². The van der Waals surface area contributed by atoms with Gasteiger partial charge in [-0.1, -0.05) is 27.7 Å². The van der Waals surface area contributed by atoms with Gasteiger partial charge in [0, 0.05) is 14.1 Å². The van der Waals surface area contributed by atoms with Crippen LogP contribution in [0, 0.1) is 20.8 Å². The minimum absolute atomic E-state index is 0.217. The van der Waals surface area contributed by atoms with Crippen LogP contribution in [0.2, 0.25) is 0 Å². The van der Waals surface area contributed by atoms with E-state index in [9.17, 15) is 9.59 Å². The summed E-state index contributed by atoms with van der Waals surface area (Å²) in [4.78, 5) is 32.4. The van der Waals surface area contributed by atoms with E-state index in [2.05, 4.69) is 9.97 Å². The first kappa shape index (κ1) is 20.5. The summed E-state index contributed by atoms with van der Waals surface area (Å²) in [6.07, 6.45) is 0. The van der Waals surface area contributed by atoms with Gasteiger partial charge in [0.25, 0.3) is 5.56 Å². The zero-order chi connectivity index (χ0) is 19.5. The molecule has 25 heavy (non-hydrogen) atoms. The van der Waals surface area contributed by atoms with Crippen molar-refractivity contribution in [2.75, 3.05) is 0 Å². The number of hydrogen-bond donors (Lipinski definition) is 0. The van der Waals surface area contributed by atoms with Crippen LogP contribution in [0.4, 0.5) is 0 Å². The molecular weight excluding hydrogens is 316 g/mol. The average molecular weight is 344 g/mol. The van der Waals surface area contributed by atoms with Gasteiger partial charge in [-0.25, -0.2) is 9.78 Å². The zero-order valence-electron chi connectivity index (χ0n) is 16.7. The second kappa shape index (κ2) is 8.05. The lowest BCUT2D eigenvalue weighted by Crippen LogP contribution is -2.36. The molecule has 0 saturated carbocycles. The lowest BCUT2D eigenvalue weighted by molar-refractivity contribution is 0.748. The predicted molar refractivity (Wildman–Crippen MR) is 104 cm³/mol. The minimum Gasteiger partial charge on any atom is -0.325 e. The van der Waals surface area contributed by atoms with Crippen LogP contribution in [-0.2, 0) is 14.1 Å². The lowest BCUT2D eigenvalue weighted by atomic mass is 10.0. The van der Waals surface area contributed by atoms with Crippen LogP contribution in [0.3, 0.4) is 0 Å². The molecular formula is C19H28N4O2. The summed E-state index contributed by atoms with van der Waals surface area (Å²) in [5.41, 5.74) is 4.24. The number of fused-ring (bicyclic) bond motifs is 2. The van der Waals surface area contributed by atoms with E-state index in [1.807, 2.05) is 54.5 Å². The minimum atomic E-state index is -0.564. The van der Waals surface area contributed by atoms with Crippen molar-refractivity contribution in [3.63, 3.8) is 0 Å². The Balaban J connectivity index is 0.000000730. The average Bonchev–Trinajstić information content (AvgIpc) is 2.62. The fraction of sp³-hybridized carbons (Fsp3) is 0.474. The Labute approximate surface area is 148 Å². The van der Waals surface area contributed by atoms with E-state index >= 15 is 0 Å². The lowest BCUT2D eigenvalue weighted by Gasteiger charge is -2.17. The SMILES string of the molecule is CC.CC.Cc1cc2nc3c(=O)n(C)c(=O)nc-3n(C)c2c(C)c1C. The van der Waals surface area contributed by atoms with E-state index in [1.165, 1.54) is 12.6 Å². The van der Waals surface area contributed by atoms with Gasteiger partial charge in [0.15, 0.2) is 11.5 Å². The molecule has 6 nitrogen and oxygen atoms in total. The van der Waals surface area contributed by atoms with Crippen molar-refractivity contribution in [2.45, 2.75) is 48.5 Å². The standard InChI is InChI=1S/C15H16N4O2.2C2H6/c1-7-6-10-12(9(3)8(7)2)18(4)13-11(16-10)14(20)19(5)15(21)17-13;2*1-2/h6H,1-5H3;2*1-2H3. The molecule has 3 rings (SSSR count). The van der Waals surface area contributed by atoms with Gasteiger partial charge < -0.3 is 4.57 Å². The van der Waals surface area contributed by atoms with Gasteiger partial charge in [0.1, 0.15) is 0 Å². The van der Waals surface area contributed by atoms with E-state index < -0.39 is 11.2 Å². The highest BCUT2D eigenvalue weighted by Gasteiger charge is 2.20. The molecule has 0 aliphatic carbocycles. The molecule has 2 aliphatic heterocycles. The van der Waals surface area contributed by atoms with Crippen molar-refractivity contribution in [3.8, 4) is 11.5 Å². The van der Waals surface area contributed by atoms with Crippen LogP contribution in [0.25, 0.3) is 22.6 Å². The Kier molecular flexibility index (Phi) is 6.62. The second-order valence-corrected chi connectivity index (χ2v) is 5.41. The molecule has 0 unspecified atom stereocenters. The third kappa shape index (κ3) is 3.34. The quantitative estimate of drug-likeness (QED) is 0.588. The summed E-state index contributed by atoms with van der Waals surface area (Å²) in [5.74, 6) is 0.321. The maximum atomic E-state index is 12.2. The topological polar surface area (TPSA) is 69.8 Å². The largest absolute Gasteiger partial charge is 0.352 e. The van der Waals surface area contributed by atoms with Crippen molar-refractivity contribution >= 4 is 11.0 Å². The zero-order valence-corrected chi connectivity index (χ0v) is 16.7. The number of aryl methyl sites for hydroxylation is 3. The van der Waals surface area contributed by atoms with E-state index in [0.717, 1.165) is 26.7 Å². The maximum absolute atomic E-state index is 12.2. The first-order valence-electron chi connectivity index (χ1n) is 8.67. The van der Waals surface area contributed by atoms with Gasteiger partial charge in [-0.15, -0.1) is 0 Å². The number of benzene rings is 1. The second-order valence-electron chi connectivity index (χ2n) is 5.41. The summed E-state index contributed by atoms with van der Waals surface area (Å²) in [6.45, 7) is 14.1. The molecule has 2 heterocycles. The Bertz CT molecular complexity index is 984. The van der Waals surface area contributed by atoms with E-state index in [4.69, 9.17) is 0 Å².